The van der Waals surface area contributed by atoms with Gasteiger partial charge in [0.25, 0.3) is 11.6 Å². The Balaban J connectivity index is 1.45. The summed E-state index contributed by atoms with van der Waals surface area (Å²) in [5.74, 6) is -0.0305. The smallest absolute Gasteiger partial charge is 0.293 e. The zero-order valence-electron chi connectivity index (χ0n) is 16.9. The number of nitrogens with one attached hydrogen (secondary N) is 1. The number of amides is 1. The van der Waals surface area contributed by atoms with Gasteiger partial charge in [-0.2, -0.15) is 0 Å². The maximum Gasteiger partial charge on any atom is 0.293 e. The van der Waals surface area contributed by atoms with Crippen LogP contribution in [0.4, 0.5) is 11.4 Å². The Morgan fingerprint density at radius 2 is 2.03 bits per heavy atom. The van der Waals surface area contributed by atoms with Crippen LogP contribution in [0.5, 0.6) is 0 Å². The molecular weight excluding hydrogens is 402 g/mol. The van der Waals surface area contributed by atoms with E-state index >= 15 is 0 Å². The van der Waals surface area contributed by atoms with Crippen LogP contribution in [0.1, 0.15) is 39.6 Å². The number of furan rings is 1. The molecule has 1 fully saturated rings. The first-order chi connectivity index (χ1) is 14.9. The minimum Gasteiger partial charge on any atom is -0.459 e. The highest BCUT2D eigenvalue weighted by molar-refractivity contribution is 6.07. The van der Waals surface area contributed by atoms with Crippen molar-refractivity contribution in [3.05, 3.63) is 76.3 Å². The summed E-state index contributed by atoms with van der Waals surface area (Å²) in [6.07, 6.45) is 5.87. The standard InChI is InChI=1S/C21H21N5O5/c1-24-11-8-22-20(24)19(27)14-4-5-16(17(13-14)26(29)30)23-15-6-9-25(10-7-15)21(28)18-3-2-12-31-18/h2-5,8,11-13,15,23H,6-7,9-10H2,1H3. The fraction of sp³-hybridized carbons (Fsp3) is 0.286. The van der Waals surface area contributed by atoms with Gasteiger partial charge in [-0.25, -0.2) is 4.98 Å². The fourth-order valence-electron chi connectivity index (χ4n) is 3.66. The van der Waals surface area contributed by atoms with Crippen LogP contribution in [-0.4, -0.2) is 50.2 Å². The third kappa shape index (κ3) is 4.18. The van der Waals surface area contributed by atoms with Gasteiger partial charge in [0.05, 0.1) is 11.2 Å². The van der Waals surface area contributed by atoms with Gasteiger partial charge in [0.1, 0.15) is 5.69 Å². The number of carbonyl (C=O) groups is 2. The molecule has 3 aromatic rings. The van der Waals surface area contributed by atoms with Crippen LogP contribution >= 0.6 is 0 Å². The summed E-state index contributed by atoms with van der Waals surface area (Å²) < 4.78 is 6.73. The molecular formula is C21H21N5O5. The highest BCUT2D eigenvalue weighted by atomic mass is 16.6. The van der Waals surface area contributed by atoms with Crippen molar-refractivity contribution in [2.75, 3.05) is 18.4 Å². The van der Waals surface area contributed by atoms with E-state index in [1.807, 2.05) is 0 Å². The normalized spacial score (nSPS) is 14.4. The number of aromatic nitrogens is 2. The molecule has 1 N–H and O–H groups in total. The number of nitro benzene ring substituents is 1. The molecule has 1 amide bonds. The number of imidazole rings is 1. The molecule has 0 saturated carbocycles. The Labute approximate surface area is 177 Å². The van der Waals surface area contributed by atoms with Gasteiger partial charge in [0, 0.05) is 50.2 Å². The molecule has 0 unspecified atom stereocenters. The molecule has 0 radical (unpaired) electrons. The molecule has 0 spiro atoms. The first-order valence-corrected chi connectivity index (χ1v) is 9.84. The molecule has 3 heterocycles. The van der Waals surface area contributed by atoms with Crippen molar-refractivity contribution >= 4 is 23.1 Å². The monoisotopic (exact) mass is 423 g/mol. The molecule has 0 bridgehead atoms. The highest BCUT2D eigenvalue weighted by Gasteiger charge is 2.27. The predicted molar refractivity (Wildman–Crippen MR) is 111 cm³/mol. The van der Waals surface area contributed by atoms with E-state index in [-0.39, 0.29) is 34.8 Å². The number of anilines is 1. The average molecular weight is 423 g/mol. The highest BCUT2D eigenvalue weighted by Crippen LogP contribution is 2.29. The van der Waals surface area contributed by atoms with Crippen LogP contribution < -0.4 is 5.32 Å². The molecule has 4 rings (SSSR count). The van der Waals surface area contributed by atoms with Crippen LogP contribution in [-0.2, 0) is 7.05 Å². The minimum absolute atomic E-state index is 0.0320. The van der Waals surface area contributed by atoms with Crippen molar-refractivity contribution in [2.24, 2.45) is 7.05 Å². The first kappa shape index (κ1) is 20.3. The third-order valence-electron chi connectivity index (χ3n) is 5.35. The van der Waals surface area contributed by atoms with Crippen molar-refractivity contribution in [1.82, 2.24) is 14.5 Å². The quantitative estimate of drug-likeness (QED) is 0.367. The number of piperidine rings is 1. The van der Waals surface area contributed by atoms with Crippen molar-refractivity contribution in [2.45, 2.75) is 18.9 Å². The van der Waals surface area contributed by atoms with Crippen LogP contribution in [0.15, 0.2) is 53.4 Å². The maximum atomic E-state index is 12.6. The molecule has 1 aliphatic heterocycles. The molecule has 0 aliphatic carbocycles. The lowest BCUT2D eigenvalue weighted by Gasteiger charge is -2.32. The van der Waals surface area contributed by atoms with E-state index in [9.17, 15) is 19.7 Å². The molecule has 10 nitrogen and oxygen atoms in total. The largest absolute Gasteiger partial charge is 0.459 e. The second kappa shape index (κ2) is 8.42. The van der Waals surface area contributed by atoms with Gasteiger partial charge in [0.15, 0.2) is 11.6 Å². The Hall–Kier alpha value is -3.95. The number of nitrogens with zero attached hydrogens (tertiary/aromatic N) is 4. The van der Waals surface area contributed by atoms with Crippen molar-refractivity contribution < 1.29 is 18.9 Å². The topological polar surface area (TPSA) is 124 Å². The lowest BCUT2D eigenvalue weighted by atomic mass is 10.0. The SMILES string of the molecule is Cn1ccnc1C(=O)c1ccc(NC2CCN(C(=O)c3ccco3)CC2)c([N+](=O)[O-])c1. The third-order valence-corrected chi connectivity index (χ3v) is 5.35. The fourth-order valence-corrected chi connectivity index (χ4v) is 3.66. The molecule has 1 aromatic carbocycles. The van der Waals surface area contributed by atoms with Crippen LogP contribution in [0.25, 0.3) is 0 Å². The summed E-state index contributed by atoms with van der Waals surface area (Å²) in [4.78, 5) is 41.9. The van der Waals surface area contributed by atoms with Gasteiger partial charge in [-0.3, -0.25) is 19.7 Å². The minimum atomic E-state index is -0.507. The summed E-state index contributed by atoms with van der Waals surface area (Å²) >= 11 is 0. The van der Waals surface area contributed by atoms with Crippen molar-refractivity contribution in [3.63, 3.8) is 0 Å². The molecule has 160 valence electrons. The summed E-state index contributed by atoms with van der Waals surface area (Å²) in [5, 5.41) is 14.8. The number of hydrogen-bond acceptors (Lipinski definition) is 7. The van der Waals surface area contributed by atoms with E-state index in [1.165, 1.54) is 18.5 Å². The Kier molecular flexibility index (Phi) is 5.52. The van der Waals surface area contributed by atoms with Gasteiger partial charge in [0.2, 0.25) is 5.78 Å². The van der Waals surface area contributed by atoms with Gasteiger partial charge >= 0.3 is 0 Å². The van der Waals surface area contributed by atoms with Crippen molar-refractivity contribution in [1.29, 1.82) is 0 Å². The Bertz CT molecular complexity index is 1110. The maximum absolute atomic E-state index is 12.6. The van der Waals surface area contributed by atoms with Gasteiger partial charge in [-0.15, -0.1) is 0 Å². The lowest BCUT2D eigenvalue weighted by Crippen LogP contribution is -2.42. The Morgan fingerprint density at radius 3 is 2.65 bits per heavy atom. The van der Waals surface area contributed by atoms with Crippen LogP contribution in [0.3, 0.4) is 0 Å². The van der Waals surface area contributed by atoms with Crippen LogP contribution in [0, 0.1) is 10.1 Å². The molecule has 1 saturated heterocycles. The number of carbonyl (C=O) groups excluding carboxylic acids is 2. The molecule has 2 aromatic heterocycles. The van der Waals surface area contributed by atoms with Gasteiger partial charge < -0.3 is 19.2 Å². The molecule has 31 heavy (non-hydrogen) atoms. The lowest BCUT2D eigenvalue weighted by molar-refractivity contribution is -0.384. The zero-order valence-corrected chi connectivity index (χ0v) is 16.9. The second-order valence-corrected chi connectivity index (χ2v) is 7.37. The Morgan fingerprint density at radius 1 is 1.26 bits per heavy atom. The molecule has 0 atom stereocenters. The molecule has 10 heteroatoms. The number of rotatable bonds is 6. The van der Waals surface area contributed by atoms with E-state index in [2.05, 4.69) is 10.3 Å². The van der Waals surface area contributed by atoms with Gasteiger partial charge in [-0.1, -0.05) is 0 Å². The predicted octanol–water partition coefficient (Wildman–Crippen LogP) is 2.87. The second-order valence-electron chi connectivity index (χ2n) is 7.37. The van der Waals surface area contributed by atoms with E-state index < -0.39 is 4.92 Å². The van der Waals surface area contributed by atoms with E-state index in [1.54, 1.807) is 47.0 Å². The summed E-state index contributed by atoms with van der Waals surface area (Å²) in [5.41, 5.74) is 0.372. The van der Waals surface area contributed by atoms with E-state index in [0.717, 1.165) is 0 Å². The van der Waals surface area contributed by atoms with Gasteiger partial charge in [-0.05, 0) is 37.1 Å². The number of benzene rings is 1. The van der Waals surface area contributed by atoms with Crippen LogP contribution in [0.2, 0.25) is 0 Å². The number of hydrogen-bond donors (Lipinski definition) is 1. The average Bonchev–Trinajstić information content (AvgIpc) is 3.45. The number of nitro groups is 1. The summed E-state index contributed by atoms with van der Waals surface area (Å²) in [6.45, 7) is 1.03. The van der Waals surface area contributed by atoms with E-state index in [0.29, 0.717) is 37.4 Å². The summed E-state index contributed by atoms with van der Waals surface area (Å²) in [7, 11) is 1.69. The number of likely N-dealkylation sites (tertiary alicyclic amines) is 1. The molecule has 1 aliphatic rings. The zero-order chi connectivity index (χ0) is 22.0. The number of aryl methyl sites for hydroxylation is 1. The number of ketones is 1. The first-order valence-electron chi connectivity index (χ1n) is 9.84. The van der Waals surface area contributed by atoms with Crippen molar-refractivity contribution in [3.8, 4) is 0 Å². The summed E-state index contributed by atoms with van der Waals surface area (Å²) in [6, 6.07) is 7.65. The van der Waals surface area contributed by atoms with E-state index in [4.69, 9.17) is 4.42 Å².